The molecule has 1 unspecified atom stereocenters. The molecule has 3 aromatic rings. The molecule has 0 aliphatic carbocycles. The summed E-state index contributed by atoms with van der Waals surface area (Å²) in [5, 5.41) is 0. The first-order valence-corrected chi connectivity index (χ1v) is 12.4. The fraction of sp³-hybridized carbons (Fsp3) is 0.259. The minimum Gasteiger partial charge on any atom is -0.466 e. The van der Waals surface area contributed by atoms with E-state index in [2.05, 4.69) is 11.9 Å². The van der Waals surface area contributed by atoms with Crippen molar-refractivity contribution in [1.29, 1.82) is 0 Å². The first-order valence-electron chi connectivity index (χ1n) is 11.6. The maximum Gasteiger partial charge on any atom is 0.338 e. The monoisotopic (exact) mass is 487 g/mol. The molecule has 0 bridgehead atoms. The van der Waals surface area contributed by atoms with Crippen molar-refractivity contribution in [2.24, 2.45) is 4.99 Å². The average molecular weight is 488 g/mol. The van der Waals surface area contributed by atoms with Crippen molar-refractivity contribution in [2.75, 3.05) is 18.6 Å². The van der Waals surface area contributed by atoms with Gasteiger partial charge in [0.2, 0.25) is 0 Å². The molecule has 2 aliphatic rings. The molecule has 0 fully saturated rings. The lowest BCUT2D eigenvalue weighted by molar-refractivity contribution is -0.136. The smallest absolute Gasteiger partial charge is 0.338 e. The van der Waals surface area contributed by atoms with Gasteiger partial charge in [-0.25, -0.2) is 9.79 Å². The molecule has 0 saturated heterocycles. The van der Waals surface area contributed by atoms with Gasteiger partial charge in [0.15, 0.2) is 4.80 Å². The molecule has 0 N–H and O–H groups in total. The number of ether oxygens (including phenoxy) is 1. The van der Waals surface area contributed by atoms with Crippen molar-refractivity contribution in [2.45, 2.75) is 32.7 Å². The predicted octanol–water partition coefficient (Wildman–Crippen LogP) is 2.93. The SMILES string of the molecule is CCCCN1C(=O)/C(=c2\sc3n(c2=O)C(c2ccccc2)C(C(=O)OC)=C(C)N=3)c2ccccc21. The van der Waals surface area contributed by atoms with Crippen LogP contribution in [0.2, 0.25) is 0 Å². The highest BCUT2D eigenvalue weighted by molar-refractivity contribution is 7.07. The minimum atomic E-state index is -0.697. The van der Waals surface area contributed by atoms with E-state index in [0.717, 1.165) is 29.7 Å². The Morgan fingerprint density at radius 1 is 1.09 bits per heavy atom. The Hall–Kier alpha value is -3.78. The van der Waals surface area contributed by atoms with Crippen LogP contribution in [-0.4, -0.2) is 30.1 Å². The number of amides is 1. The zero-order valence-corrected chi connectivity index (χ0v) is 20.6. The van der Waals surface area contributed by atoms with Crippen LogP contribution in [0.1, 0.15) is 43.9 Å². The van der Waals surface area contributed by atoms with Crippen molar-refractivity contribution in [3.05, 3.63) is 96.7 Å². The molecule has 0 radical (unpaired) electrons. The summed E-state index contributed by atoms with van der Waals surface area (Å²) in [4.78, 5) is 47.2. The number of anilines is 1. The quantitative estimate of drug-likeness (QED) is 0.519. The van der Waals surface area contributed by atoms with Crippen molar-refractivity contribution in [1.82, 2.24) is 4.57 Å². The number of fused-ring (bicyclic) bond motifs is 2. The first kappa shape index (κ1) is 23.0. The van der Waals surface area contributed by atoms with E-state index < -0.39 is 12.0 Å². The maximum absolute atomic E-state index is 14.0. The second kappa shape index (κ2) is 9.11. The molecule has 178 valence electrons. The third-order valence-corrected chi connectivity index (χ3v) is 7.46. The van der Waals surface area contributed by atoms with Crippen molar-refractivity contribution in [3.63, 3.8) is 0 Å². The standard InChI is InChI=1S/C27H25N3O4S/c1-4-5-15-29-19-14-10-9-13-18(19)21(24(29)31)23-25(32)30-22(17-11-7-6-8-12-17)20(26(33)34-3)16(2)28-27(30)35-23/h6-14,22H,4-5,15H2,1-3H3/b23-21-. The fourth-order valence-electron chi connectivity index (χ4n) is 4.73. The Bertz CT molecular complexity index is 1550. The summed E-state index contributed by atoms with van der Waals surface area (Å²) in [6.45, 7) is 4.41. The van der Waals surface area contributed by atoms with Crippen LogP contribution in [0.5, 0.6) is 0 Å². The van der Waals surface area contributed by atoms with Gasteiger partial charge < -0.3 is 9.64 Å². The van der Waals surface area contributed by atoms with Crippen LogP contribution in [-0.2, 0) is 14.3 Å². The highest BCUT2D eigenvalue weighted by Gasteiger charge is 2.36. The summed E-state index contributed by atoms with van der Waals surface area (Å²) in [6, 6.07) is 16.2. The number of esters is 1. The summed E-state index contributed by atoms with van der Waals surface area (Å²) in [5.74, 6) is -0.712. The van der Waals surface area contributed by atoms with Crippen molar-refractivity contribution < 1.29 is 14.3 Å². The molecule has 1 atom stereocenters. The Morgan fingerprint density at radius 3 is 2.51 bits per heavy atom. The summed E-state index contributed by atoms with van der Waals surface area (Å²) >= 11 is 1.19. The number of rotatable bonds is 5. The number of allylic oxidation sites excluding steroid dienone is 1. The lowest BCUT2D eigenvalue weighted by Crippen LogP contribution is -2.40. The van der Waals surface area contributed by atoms with Gasteiger partial charge in [0.25, 0.3) is 11.5 Å². The van der Waals surface area contributed by atoms with Gasteiger partial charge in [-0.15, -0.1) is 0 Å². The number of para-hydroxylation sites is 1. The van der Waals surface area contributed by atoms with Crippen LogP contribution >= 0.6 is 11.3 Å². The summed E-state index contributed by atoms with van der Waals surface area (Å²) in [7, 11) is 1.32. The molecule has 0 saturated carbocycles. The second-order valence-corrected chi connectivity index (χ2v) is 9.48. The summed E-state index contributed by atoms with van der Waals surface area (Å²) < 4.78 is 6.91. The molecular formula is C27H25N3O4S. The van der Waals surface area contributed by atoms with E-state index in [0.29, 0.717) is 32.7 Å². The molecule has 2 aromatic carbocycles. The first-order chi connectivity index (χ1) is 17.0. The molecule has 8 heteroatoms. The topological polar surface area (TPSA) is 81.0 Å². The van der Waals surface area contributed by atoms with Gasteiger partial charge in [-0.05, 0) is 25.0 Å². The Labute approximate surface area is 206 Å². The Balaban J connectivity index is 1.80. The summed E-state index contributed by atoms with van der Waals surface area (Å²) in [6.07, 6.45) is 1.82. The van der Waals surface area contributed by atoms with Crippen LogP contribution in [0.15, 0.2) is 75.7 Å². The molecular weight excluding hydrogens is 462 g/mol. The van der Waals surface area contributed by atoms with Crippen LogP contribution < -0.4 is 19.8 Å². The molecule has 5 rings (SSSR count). The normalized spacial score (nSPS) is 18.3. The molecule has 1 aromatic heterocycles. The third kappa shape index (κ3) is 3.65. The third-order valence-electron chi connectivity index (χ3n) is 6.40. The van der Waals surface area contributed by atoms with Gasteiger partial charge in [0.1, 0.15) is 4.53 Å². The van der Waals surface area contributed by atoms with Crippen LogP contribution in [0.4, 0.5) is 5.69 Å². The number of hydrogen-bond donors (Lipinski definition) is 0. The fourth-order valence-corrected chi connectivity index (χ4v) is 5.87. The van der Waals surface area contributed by atoms with Gasteiger partial charge in [0.05, 0.1) is 35.7 Å². The van der Waals surface area contributed by atoms with E-state index in [-0.39, 0.29) is 11.5 Å². The number of carbonyl (C=O) groups excluding carboxylic acids is 2. The maximum atomic E-state index is 14.0. The second-order valence-electron chi connectivity index (χ2n) is 8.51. The zero-order valence-electron chi connectivity index (χ0n) is 19.8. The van der Waals surface area contributed by atoms with E-state index in [1.165, 1.54) is 23.0 Å². The van der Waals surface area contributed by atoms with Gasteiger partial charge in [-0.1, -0.05) is 73.2 Å². The highest BCUT2D eigenvalue weighted by Crippen LogP contribution is 2.35. The summed E-state index contributed by atoms with van der Waals surface area (Å²) in [5.41, 5.74) is 3.19. The number of hydrogen-bond acceptors (Lipinski definition) is 6. The number of unbranched alkanes of at least 4 members (excludes halogenated alkanes) is 1. The van der Waals surface area contributed by atoms with E-state index in [1.807, 2.05) is 54.6 Å². The molecule has 0 spiro atoms. The number of carbonyl (C=O) groups is 2. The van der Waals surface area contributed by atoms with Crippen molar-refractivity contribution >= 4 is 34.5 Å². The molecule has 3 heterocycles. The van der Waals surface area contributed by atoms with E-state index >= 15 is 0 Å². The highest BCUT2D eigenvalue weighted by atomic mass is 32.1. The van der Waals surface area contributed by atoms with Gasteiger partial charge in [0, 0.05) is 12.1 Å². The largest absolute Gasteiger partial charge is 0.466 e. The van der Waals surface area contributed by atoms with E-state index in [9.17, 15) is 14.4 Å². The van der Waals surface area contributed by atoms with Crippen LogP contribution in [0.3, 0.4) is 0 Å². The number of nitrogens with zero attached hydrogens (tertiary/aromatic N) is 3. The molecule has 7 nitrogen and oxygen atoms in total. The number of aromatic nitrogens is 1. The van der Waals surface area contributed by atoms with Gasteiger partial charge in [-0.3, -0.25) is 14.2 Å². The lowest BCUT2D eigenvalue weighted by atomic mass is 9.96. The van der Waals surface area contributed by atoms with Crippen LogP contribution in [0.25, 0.3) is 5.57 Å². The molecule has 35 heavy (non-hydrogen) atoms. The molecule has 1 amide bonds. The number of benzene rings is 2. The van der Waals surface area contributed by atoms with E-state index in [1.54, 1.807) is 11.8 Å². The van der Waals surface area contributed by atoms with Gasteiger partial charge >= 0.3 is 5.97 Å². The van der Waals surface area contributed by atoms with Crippen LogP contribution in [0, 0.1) is 0 Å². The minimum absolute atomic E-state index is 0.176. The van der Waals surface area contributed by atoms with Gasteiger partial charge in [-0.2, -0.15) is 0 Å². The zero-order chi connectivity index (χ0) is 24.7. The molecule has 2 aliphatic heterocycles. The van der Waals surface area contributed by atoms with Crippen molar-refractivity contribution in [3.8, 4) is 0 Å². The average Bonchev–Trinajstić information content (AvgIpc) is 3.34. The Kier molecular flexibility index (Phi) is 5.98. The van der Waals surface area contributed by atoms with E-state index in [4.69, 9.17) is 4.74 Å². The number of methoxy groups -OCH3 is 1. The predicted molar refractivity (Wildman–Crippen MR) is 135 cm³/mol. The lowest BCUT2D eigenvalue weighted by Gasteiger charge is -2.24. The number of thiazole rings is 1. The Morgan fingerprint density at radius 2 is 1.80 bits per heavy atom.